The summed E-state index contributed by atoms with van der Waals surface area (Å²) in [6.45, 7) is 5.99. The van der Waals surface area contributed by atoms with Crippen molar-refractivity contribution in [2.24, 2.45) is 0 Å². The highest BCUT2D eigenvalue weighted by Crippen LogP contribution is 2.32. The summed E-state index contributed by atoms with van der Waals surface area (Å²) in [5.74, 6) is -0.250. The maximum absolute atomic E-state index is 11.0. The second kappa shape index (κ2) is 5.39. The minimum atomic E-state index is -1.02. The summed E-state index contributed by atoms with van der Waals surface area (Å²) in [5, 5.41) is 9.04. The highest BCUT2D eigenvalue weighted by molar-refractivity contribution is 5.92. The minimum absolute atomic E-state index is 0.0975. The fourth-order valence-corrected chi connectivity index (χ4v) is 1.31. The molecule has 0 amide bonds. The number of carboxylic acid groups (broad SMARTS) is 1. The van der Waals surface area contributed by atoms with Crippen LogP contribution in [-0.2, 0) is 0 Å². The topological polar surface area (TPSA) is 55.8 Å². The van der Waals surface area contributed by atoms with E-state index in [1.807, 2.05) is 20.8 Å². The van der Waals surface area contributed by atoms with Crippen LogP contribution < -0.4 is 9.47 Å². The quantitative estimate of drug-likeness (QED) is 0.835. The molecule has 0 atom stereocenters. The van der Waals surface area contributed by atoms with Gasteiger partial charge in [-0.3, -0.25) is 0 Å². The molecule has 0 saturated carbocycles. The van der Waals surface area contributed by atoms with E-state index in [0.717, 1.165) is 0 Å². The molecule has 1 aromatic carbocycles. The third kappa shape index (κ3) is 2.89. The first kappa shape index (κ1) is 12.4. The highest BCUT2D eigenvalue weighted by atomic mass is 16.5. The number of carbonyl (C=O) groups is 1. The first-order chi connectivity index (χ1) is 7.56. The molecule has 0 bridgehead atoms. The Hall–Kier alpha value is -1.71. The van der Waals surface area contributed by atoms with E-state index in [9.17, 15) is 4.79 Å². The number of ether oxygens (including phenoxy) is 2. The molecule has 0 aliphatic carbocycles. The Morgan fingerprint density at radius 1 is 1.44 bits per heavy atom. The number of aromatic carboxylic acids is 1. The van der Waals surface area contributed by atoms with Gasteiger partial charge in [-0.2, -0.15) is 0 Å². The maximum atomic E-state index is 11.0. The number of hydrogen-bond acceptors (Lipinski definition) is 3. The summed E-state index contributed by atoms with van der Waals surface area (Å²) in [6, 6.07) is 4.85. The molecule has 0 aliphatic heterocycles. The molecule has 0 fully saturated rings. The van der Waals surface area contributed by atoms with Crippen LogP contribution in [0.25, 0.3) is 0 Å². The van der Waals surface area contributed by atoms with Crippen molar-refractivity contribution in [2.45, 2.75) is 26.9 Å². The summed E-state index contributed by atoms with van der Waals surface area (Å²) < 4.78 is 10.8. The molecule has 0 spiro atoms. The van der Waals surface area contributed by atoms with Crippen LogP contribution >= 0.6 is 0 Å². The molecule has 1 N–H and O–H groups in total. The largest absolute Gasteiger partial charge is 0.490 e. The number of benzene rings is 1. The zero-order chi connectivity index (χ0) is 12.1. The molecule has 88 valence electrons. The Bertz CT molecular complexity index is 371. The van der Waals surface area contributed by atoms with Crippen molar-refractivity contribution in [3.8, 4) is 11.5 Å². The standard InChI is InChI=1S/C12H16O4/c1-4-15-10-7-5-6-9(12(13)14)11(10)16-8(2)3/h5-8H,4H2,1-3H3,(H,13,14). The molecule has 16 heavy (non-hydrogen) atoms. The van der Waals surface area contributed by atoms with Crippen LogP contribution in [0.1, 0.15) is 31.1 Å². The van der Waals surface area contributed by atoms with E-state index in [2.05, 4.69) is 0 Å². The molecular weight excluding hydrogens is 208 g/mol. The Morgan fingerprint density at radius 3 is 2.62 bits per heavy atom. The van der Waals surface area contributed by atoms with E-state index < -0.39 is 5.97 Å². The second-order valence-corrected chi connectivity index (χ2v) is 3.54. The Kier molecular flexibility index (Phi) is 4.17. The van der Waals surface area contributed by atoms with Gasteiger partial charge in [-0.05, 0) is 32.9 Å². The first-order valence-corrected chi connectivity index (χ1v) is 5.22. The predicted molar refractivity (Wildman–Crippen MR) is 60.3 cm³/mol. The van der Waals surface area contributed by atoms with Gasteiger partial charge in [0.2, 0.25) is 0 Å². The number of carboxylic acids is 1. The molecule has 0 heterocycles. The molecule has 0 radical (unpaired) electrons. The summed E-state index contributed by atoms with van der Waals surface area (Å²) >= 11 is 0. The van der Waals surface area contributed by atoms with Crippen LogP contribution in [0.5, 0.6) is 11.5 Å². The third-order valence-corrected chi connectivity index (χ3v) is 1.86. The van der Waals surface area contributed by atoms with Crippen LogP contribution in [0.2, 0.25) is 0 Å². The molecule has 4 nitrogen and oxygen atoms in total. The van der Waals surface area contributed by atoms with Gasteiger partial charge in [-0.15, -0.1) is 0 Å². The summed E-state index contributed by atoms with van der Waals surface area (Å²) in [7, 11) is 0. The Balaban J connectivity index is 3.17. The van der Waals surface area contributed by atoms with Crippen molar-refractivity contribution in [1.82, 2.24) is 0 Å². The van der Waals surface area contributed by atoms with Gasteiger partial charge in [0.15, 0.2) is 11.5 Å². The minimum Gasteiger partial charge on any atom is -0.490 e. The maximum Gasteiger partial charge on any atom is 0.339 e. The Morgan fingerprint density at radius 2 is 2.12 bits per heavy atom. The number of para-hydroxylation sites is 1. The van der Waals surface area contributed by atoms with Crippen molar-refractivity contribution >= 4 is 5.97 Å². The molecule has 0 unspecified atom stereocenters. The normalized spacial score (nSPS) is 10.2. The molecule has 1 aromatic rings. The van der Waals surface area contributed by atoms with Gasteiger partial charge in [-0.25, -0.2) is 4.79 Å². The molecular formula is C12H16O4. The van der Waals surface area contributed by atoms with Crippen LogP contribution in [0, 0.1) is 0 Å². The van der Waals surface area contributed by atoms with Gasteiger partial charge in [-0.1, -0.05) is 6.07 Å². The molecule has 0 aromatic heterocycles. The van der Waals surface area contributed by atoms with Gasteiger partial charge >= 0.3 is 5.97 Å². The number of hydrogen-bond donors (Lipinski definition) is 1. The second-order valence-electron chi connectivity index (χ2n) is 3.54. The van der Waals surface area contributed by atoms with E-state index in [0.29, 0.717) is 18.1 Å². The lowest BCUT2D eigenvalue weighted by Crippen LogP contribution is -2.11. The van der Waals surface area contributed by atoms with Crippen molar-refractivity contribution in [2.75, 3.05) is 6.61 Å². The molecule has 0 aliphatic rings. The fraction of sp³-hybridized carbons (Fsp3) is 0.417. The summed E-state index contributed by atoms with van der Waals surface area (Å²) in [6.07, 6.45) is -0.0975. The summed E-state index contributed by atoms with van der Waals surface area (Å²) in [4.78, 5) is 11.0. The van der Waals surface area contributed by atoms with Gasteiger partial charge in [0.1, 0.15) is 5.56 Å². The van der Waals surface area contributed by atoms with Crippen molar-refractivity contribution < 1.29 is 19.4 Å². The Labute approximate surface area is 94.8 Å². The summed E-state index contributed by atoms with van der Waals surface area (Å²) in [5.41, 5.74) is 0.125. The zero-order valence-electron chi connectivity index (χ0n) is 9.69. The van der Waals surface area contributed by atoms with E-state index >= 15 is 0 Å². The number of rotatable bonds is 5. The van der Waals surface area contributed by atoms with Gasteiger partial charge < -0.3 is 14.6 Å². The van der Waals surface area contributed by atoms with E-state index in [1.54, 1.807) is 12.1 Å². The van der Waals surface area contributed by atoms with Gasteiger partial charge in [0, 0.05) is 0 Å². The molecule has 1 rings (SSSR count). The average Bonchev–Trinajstić information content (AvgIpc) is 2.19. The van der Waals surface area contributed by atoms with Crippen molar-refractivity contribution in [3.63, 3.8) is 0 Å². The lowest BCUT2D eigenvalue weighted by molar-refractivity contribution is 0.0689. The van der Waals surface area contributed by atoms with E-state index in [4.69, 9.17) is 14.6 Å². The van der Waals surface area contributed by atoms with Crippen LogP contribution in [-0.4, -0.2) is 23.8 Å². The van der Waals surface area contributed by atoms with Crippen molar-refractivity contribution in [3.05, 3.63) is 23.8 Å². The SMILES string of the molecule is CCOc1cccc(C(=O)O)c1OC(C)C. The molecule has 0 saturated heterocycles. The van der Waals surface area contributed by atoms with Crippen LogP contribution in [0.4, 0.5) is 0 Å². The monoisotopic (exact) mass is 224 g/mol. The van der Waals surface area contributed by atoms with Crippen LogP contribution in [0.3, 0.4) is 0 Å². The predicted octanol–water partition coefficient (Wildman–Crippen LogP) is 2.57. The van der Waals surface area contributed by atoms with E-state index in [1.165, 1.54) is 6.07 Å². The lowest BCUT2D eigenvalue weighted by atomic mass is 10.2. The van der Waals surface area contributed by atoms with Gasteiger partial charge in [0.05, 0.1) is 12.7 Å². The fourth-order valence-electron chi connectivity index (χ4n) is 1.31. The highest BCUT2D eigenvalue weighted by Gasteiger charge is 2.17. The smallest absolute Gasteiger partial charge is 0.339 e. The van der Waals surface area contributed by atoms with Crippen LogP contribution in [0.15, 0.2) is 18.2 Å². The lowest BCUT2D eigenvalue weighted by Gasteiger charge is -2.16. The van der Waals surface area contributed by atoms with Gasteiger partial charge in [0.25, 0.3) is 0 Å². The average molecular weight is 224 g/mol. The van der Waals surface area contributed by atoms with Crippen molar-refractivity contribution in [1.29, 1.82) is 0 Å². The first-order valence-electron chi connectivity index (χ1n) is 5.22. The zero-order valence-corrected chi connectivity index (χ0v) is 9.69. The molecule has 4 heteroatoms. The third-order valence-electron chi connectivity index (χ3n) is 1.86. The van der Waals surface area contributed by atoms with E-state index in [-0.39, 0.29) is 11.7 Å².